The van der Waals surface area contributed by atoms with E-state index in [4.69, 9.17) is 9.47 Å². The SMILES string of the molecule is Cc1ccc(NC(=O)NCC(C)(O)c2ccc3c(c2)OCO3)cc1. The number of fused-ring (bicyclic) bond motifs is 1. The van der Waals surface area contributed by atoms with E-state index in [2.05, 4.69) is 10.6 Å². The van der Waals surface area contributed by atoms with Crippen molar-refractivity contribution in [1.82, 2.24) is 5.32 Å². The largest absolute Gasteiger partial charge is 0.454 e. The van der Waals surface area contributed by atoms with Crippen molar-refractivity contribution in [2.24, 2.45) is 0 Å². The quantitative estimate of drug-likeness (QED) is 0.806. The van der Waals surface area contributed by atoms with E-state index in [0.29, 0.717) is 22.7 Å². The maximum atomic E-state index is 12.0. The molecule has 1 aliphatic heterocycles. The Morgan fingerprint density at radius 3 is 2.62 bits per heavy atom. The summed E-state index contributed by atoms with van der Waals surface area (Å²) in [5, 5.41) is 16.0. The summed E-state index contributed by atoms with van der Waals surface area (Å²) in [5.41, 5.74) is 1.22. The smallest absolute Gasteiger partial charge is 0.319 e. The van der Waals surface area contributed by atoms with Crippen molar-refractivity contribution in [3.8, 4) is 11.5 Å². The topological polar surface area (TPSA) is 79.8 Å². The minimum Gasteiger partial charge on any atom is -0.454 e. The molecule has 6 heteroatoms. The summed E-state index contributed by atoms with van der Waals surface area (Å²) in [6.07, 6.45) is 0. The van der Waals surface area contributed by atoms with Gasteiger partial charge in [-0.05, 0) is 43.7 Å². The fourth-order valence-corrected chi connectivity index (χ4v) is 2.40. The number of aryl methyl sites for hydroxylation is 1. The van der Waals surface area contributed by atoms with Gasteiger partial charge in [0.15, 0.2) is 11.5 Å². The number of carbonyl (C=O) groups excluding carboxylic acids is 1. The first-order valence-corrected chi connectivity index (χ1v) is 7.68. The van der Waals surface area contributed by atoms with Crippen LogP contribution in [0.5, 0.6) is 11.5 Å². The highest BCUT2D eigenvalue weighted by Gasteiger charge is 2.26. The zero-order valence-corrected chi connectivity index (χ0v) is 13.6. The molecule has 2 aromatic carbocycles. The van der Waals surface area contributed by atoms with E-state index < -0.39 is 5.60 Å². The molecule has 3 rings (SSSR count). The molecular formula is C18H20N2O4. The van der Waals surface area contributed by atoms with E-state index in [1.807, 2.05) is 31.2 Å². The highest BCUT2D eigenvalue weighted by atomic mass is 16.7. The number of carbonyl (C=O) groups is 1. The Labute approximate surface area is 140 Å². The molecule has 3 N–H and O–H groups in total. The van der Waals surface area contributed by atoms with Gasteiger partial charge in [0, 0.05) is 5.69 Å². The third-order valence-electron chi connectivity index (χ3n) is 3.90. The van der Waals surface area contributed by atoms with Crippen molar-refractivity contribution in [3.63, 3.8) is 0 Å². The van der Waals surface area contributed by atoms with Gasteiger partial charge in [0.2, 0.25) is 6.79 Å². The summed E-state index contributed by atoms with van der Waals surface area (Å²) in [7, 11) is 0. The van der Waals surface area contributed by atoms with Gasteiger partial charge in [-0.3, -0.25) is 0 Å². The Balaban J connectivity index is 1.60. The molecule has 0 radical (unpaired) electrons. The molecule has 0 bridgehead atoms. The van der Waals surface area contributed by atoms with Crippen LogP contribution in [0.1, 0.15) is 18.1 Å². The fraction of sp³-hybridized carbons (Fsp3) is 0.278. The normalized spacial score (nSPS) is 14.8. The number of urea groups is 1. The van der Waals surface area contributed by atoms with Crippen molar-refractivity contribution in [3.05, 3.63) is 53.6 Å². The van der Waals surface area contributed by atoms with Gasteiger partial charge in [-0.1, -0.05) is 23.8 Å². The summed E-state index contributed by atoms with van der Waals surface area (Å²) in [4.78, 5) is 12.0. The van der Waals surface area contributed by atoms with Crippen LogP contribution in [0.4, 0.5) is 10.5 Å². The standard InChI is InChI=1S/C18H20N2O4/c1-12-3-6-14(7-4-12)20-17(21)19-10-18(2,22)13-5-8-15-16(9-13)24-11-23-15/h3-9,22H,10-11H2,1-2H3,(H2,19,20,21). The van der Waals surface area contributed by atoms with Crippen molar-refractivity contribution in [2.45, 2.75) is 19.4 Å². The number of anilines is 1. The number of ether oxygens (including phenoxy) is 2. The minimum atomic E-state index is -1.23. The highest BCUT2D eigenvalue weighted by molar-refractivity contribution is 5.89. The number of benzene rings is 2. The monoisotopic (exact) mass is 328 g/mol. The van der Waals surface area contributed by atoms with E-state index >= 15 is 0 Å². The van der Waals surface area contributed by atoms with E-state index in [0.717, 1.165) is 5.56 Å². The number of nitrogens with one attached hydrogen (secondary N) is 2. The Morgan fingerprint density at radius 2 is 1.88 bits per heavy atom. The van der Waals surface area contributed by atoms with E-state index in [1.54, 1.807) is 25.1 Å². The van der Waals surface area contributed by atoms with E-state index in [-0.39, 0.29) is 19.4 Å². The Kier molecular flexibility index (Phi) is 4.31. The zero-order valence-electron chi connectivity index (χ0n) is 13.6. The molecule has 1 heterocycles. The average molecular weight is 328 g/mol. The molecule has 2 amide bonds. The van der Waals surface area contributed by atoms with Crippen LogP contribution in [-0.4, -0.2) is 24.5 Å². The van der Waals surface area contributed by atoms with Crippen LogP contribution in [0.2, 0.25) is 0 Å². The summed E-state index contributed by atoms with van der Waals surface area (Å²) >= 11 is 0. The van der Waals surface area contributed by atoms with Gasteiger partial charge in [0.25, 0.3) is 0 Å². The lowest BCUT2D eigenvalue weighted by molar-refractivity contribution is 0.0597. The molecule has 2 aromatic rings. The van der Waals surface area contributed by atoms with Crippen LogP contribution in [0.15, 0.2) is 42.5 Å². The summed E-state index contributed by atoms with van der Waals surface area (Å²) < 4.78 is 10.6. The molecule has 126 valence electrons. The maximum Gasteiger partial charge on any atom is 0.319 e. The van der Waals surface area contributed by atoms with Crippen LogP contribution in [0.3, 0.4) is 0 Å². The molecular weight excluding hydrogens is 308 g/mol. The first-order valence-electron chi connectivity index (χ1n) is 7.68. The molecule has 1 unspecified atom stereocenters. The predicted molar refractivity (Wildman–Crippen MR) is 90.3 cm³/mol. The molecule has 1 aliphatic rings. The van der Waals surface area contributed by atoms with Gasteiger partial charge in [-0.15, -0.1) is 0 Å². The Hall–Kier alpha value is -2.73. The molecule has 1 atom stereocenters. The third-order valence-corrected chi connectivity index (χ3v) is 3.90. The van der Waals surface area contributed by atoms with Crippen LogP contribution >= 0.6 is 0 Å². The van der Waals surface area contributed by atoms with Gasteiger partial charge in [-0.25, -0.2) is 4.79 Å². The van der Waals surface area contributed by atoms with Crippen LogP contribution in [0.25, 0.3) is 0 Å². The second-order valence-electron chi connectivity index (χ2n) is 6.02. The van der Waals surface area contributed by atoms with Crippen molar-refractivity contribution in [2.75, 3.05) is 18.7 Å². The first kappa shape index (κ1) is 16.1. The molecule has 6 nitrogen and oxygen atoms in total. The Morgan fingerprint density at radius 1 is 1.17 bits per heavy atom. The van der Waals surface area contributed by atoms with Crippen molar-refractivity contribution >= 4 is 11.7 Å². The summed E-state index contributed by atoms with van der Waals surface area (Å²) in [6, 6.07) is 12.3. The number of aliphatic hydroxyl groups is 1. The predicted octanol–water partition coefficient (Wildman–Crippen LogP) is 2.75. The zero-order chi connectivity index (χ0) is 17.2. The summed E-state index contributed by atoms with van der Waals surface area (Å²) in [6.45, 7) is 3.85. The van der Waals surface area contributed by atoms with Crippen molar-refractivity contribution in [1.29, 1.82) is 0 Å². The average Bonchev–Trinajstić information content (AvgIpc) is 3.03. The fourth-order valence-electron chi connectivity index (χ4n) is 2.40. The number of hydrogen-bond acceptors (Lipinski definition) is 4. The molecule has 0 saturated carbocycles. The minimum absolute atomic E-state index is 0.0599. The van der Waals surface area contributed by atoms with Crippen LogP contribution in [-0.2, 0) is 5.60 Å². The molecule has 0 saturated heterocycles. The van der Waals surface area contributed by atoms with E-state index in [9.17, 15) is 9.90 Å². The summed E-state index contributed by atoms with van der Waals surface area (Å²) in [5.74, 6) is 1.25. The van der Waals surface area contributed by atoms with Crippen LogP contribution in [0, 0.1) is 6.92 Å². The second-order valence-corrected chi connectivity index (χ2v) is 6.02. The number of amides is 2. The van der Waals surface area contributed by atoms with Gasteiger partial charge < -0.3 is 25.2 Å². The number of hydrogen-bond donors (Lipinski definition) is 3. The third kappa shape index (κ3) is 3.60. The van der Waals surface area contributed by atoms with Gasteiger partial charge in [-0.2, -0.15) is 0 Å². The molecule has 24 heavy (non-hydrogen) atoms. The highest BCUT2D eigenvalue weighted by Crippen LogP contribution is 2.35. The lowest BCUT2D eigenvalue weighted by Gasteiger charge is -2.24. The van der Waals surface area contributed by atoms with E-state index in [1.165, 1.54) is 0 Å². The number of rotatable bonds is 4. The second kappa shape index (κ2) is 6.41. The molecule has 0 aliphatic carbocycles. The lowest BCUT2D eigenvalue weighted by Crippen LogP contribution is -2.40. The molecule has 0 spiro atoms. The van der Waals surface area contributed by atoms with Crippen molar-refractivity contribution < 1.29 is 19.4 Å². The Bertz CT molecular complexity index is 741. The first-order chi connectivity index (χ1) is 11.4. The van der Waals surface area contributed by atoms with Gasteiger partial charge in [0.05, 0.1) is 6.54 Å². The maximum absolute atomic E-state index is 12.0. The van der Waals surface area contributed by atoms with Crippen LogP contribution < -0.4 is 20.1 Å². The van der Waals surface area contributed by atoms with Gasteiger partial charge >= 0.3 is 6.03 Å². The molecule has 0 aromatic heterocycles. The van der Waals surface area contributed by atoms with Gasteiger partial charge in [0.1, 0.15) is 5.60 Å². The molecule has 0 fully saturated rings. The lowest BCUT2D eigenvalue weighted by atomic mass is 9.95.